The van der Waals surface area contributed by atoms with Gasteiger partial charge in [-0.25, -0.2) is 13.8 Å². The molecule has 0 unspecified atom stereocenters. The molecule has 28 heavy (non-hydrogen) atoms. The average molecular weight is 410 g/mol. The maximum absolute atomic E-state index is 13.9. The van der Waals surface area contributed by atoms with Crippen molar-refractivity contribution in [2.24, 2.45) is 11.8 Å². The van der Waals surface area contributed by atoms with Gasteiger partial charge < -0.3 is 9.64 Å². The van der Waals surface area contributed by atoms with Crippen LogP contribution in [0.15, 0.2) is 36.5 Å². The number of ether oxygens (including phenoxy) is 1. The first-order chi connectivity index (χ1) is 13.0. The zero-order valence-electron chi connectivity index (χ0n) is 15.6. The number of hydrogen-bond acceptors (Lipinski definition) is 4. The summed E-state index contributed by atoms with van der Waals surface area (Å²) in [4.78, 5) is 20.3. The van der Waals surface area contributed by atoms with E-state index in [-0.39, 0.29) is 30.1 Å². The SMILES string of the molecule is COc1ccc([C@H]2[C@@H]3CN(C(=O)c4ncc(F)cc4F)C[C@@H]3CN2C)cc1.Cl. The quantitative estimate of drug-likeness (QED) is 0.781. The summed E-state index contributed by atoms with van der Waals surface area (Å²) in [7, 11) is 3.72. The molecule has 150 valence electrons. The standard InChI is InChI=1S/C20H21F2N3O2.ClH/c1-24-9-13-10-25(20(26)18-17(22)7-14(21)8-23-18)11-16(13)19(24)12-3-5-15(27-2)6-4-12;/h3-8,13,16,19H,9-11H2,1-2H3;1H/t13-,16+,19-;/m0./s1. The number of fused-ring (bicyclic) bond motifs is 1. The minimum Gasteiger partial charge on any atom is -0.497 e. The summed E-state index contributed by atoms with van der Waals surface area (Å²) in [6.07, 6.45) is 0.876. The Labute approximate surface area is 168 Å². The van der Waals surface area contributed by atoms with Crippen LogP contribution in [0.4, 0.5) is 8.78 Å². The average Bonchev–Trinajstić information content (AvgIpc) is 3.18. The predicted molar refractivity (Wildman–Crippen MR) is 103 cm³/mol. The summed E-state index contributed by atoms with van der Waals surface area (Å²) >= 11 is 0. The minimum atomic E-state index is -0.916. The number of hydrogen-bond donors (Lipinski definition) is 0. The van der Waals surface area contributed by atoms with Crippen molar-refractivity contribution in [3.63, 3.8) is 0 Å². The fourth-order valence-corrected chi connectivity index (χ4v) is 4.45. The van der Waals surface area contributed by atoms with Gasteiger partial charge in [0.1, 0.15) is 11.6 Å². The van der Waals surface area contributed by atoms with Crippen LogP contribution >= 0.6 is 12.4 Å². The molecule has 2 aromatic rings. The monoisotopic (exact) mass is 409 g/mol. The van der Waals surface area contributed by atoms with Crippen molar-refractivity contribution < 1.29 is 18.3 Å². The lowest BCUT2D eigenvalue weighted by atomic mass is 9.89. The number of nitrogens with zero attached hydrogens (tertiary/aromatic N) is 3. The van der Waals surface area contributed by atoms with Gasteiger partial charge in [-0.1, -0.05) is 12.1 Å². The summed E-state index contributed by atoms with van der Waals surface area (Å²) < 4.78 is 32.2. The number of aromatic nitrogens is 1. The van der Waals surface area contributed by atoms with E-state index in [0.717, 1.165) is 18.5 Å². The Balaban J connectivity index is 0.00000225. The van der Waals surface area contributed by atoms with Crippen LogP contribution in [0.5, 0.6) is 5.75 Å². The van der Waals surface area contributed by atoms with E-state index in [1.807, 2.05) is 24.3 Å². The molecule has 0 bridgehead atoms. The first kappa shape index (κ1) is 20.5. The van der Waals surface area contributed by atoms with E-state index in [2.05, 4.69) is 16.9 Å². The second kappa shape index (κ2) is 8.01. The Hall–Kier alpha value is -2.25. The van der Waals surface area contributed by atoms with Gasteiger partial charge in [0, 0.05) is 37.7 Å². The molecule has 0 N–H and O–H groups in total. The van der Waals surface area contributed by atoms with Crippen molar-refractivity contribution in [3.05, 3.63) is 59.4 Å². The number of halogens is 3. The number of rotatable bonds is 3. The van der Waals surface area contributed by atoms with E-state index < -0.39 is 17.5 Å². The molecule has 2 saturated heterocycles. The second-order valence-electron chi connectivity index (χ2n) is 7.28. The van der Waals surface area contributed by atoms with Crippen LogP contribution in [0, 0.1) is 23.5 Å². The van der Waals surface area contributed by atoms with Crippen molar-refractivity contribution in [2.45, 2.75) is 6.04 Å². The van der Waals surface area contributed by atoms with E-state index >= 15 is 0 Å². The first-order valence-electron chi connectivity index (χ1n) is 8.92. The lowest BCUT2D eigenvalue weighted by molar-refractivity contribution is 0.0756. The van der Waals surface area contributed by atoms with Crippen LogP contribution in [0.3, 0.4) is 0 Å². The number of carbonyl (C=O) groups is 1. The highest BCUT2D eigenvalue weighted by atomic mass is 35.5. The maximum atomic E-state index is 13.9. The summed E-state index contributed by atoms with van der Waals surface area (Å²) in [5, 5.41) is 0. The summed E-state index contributed by atoms with van der Waals surface area (Å²) in [6, 6.07) is 8.86. The Morgan fingerprint density at radius 1 is 1.18 bits per heavy atom. The molecule has 3 atom stereocenters. The third-order valence-electron chi connectivity index (χ3n) is 5.65. The van der Waals surface area contributed by atoms with Crippen molar-refractivity contribution in [1.82, 2.24) is 14.8 Å². The van der Waals surface area contributed by atoms with Gasteiger partial charge in [-0.15, -0.1) is 12.4 Å². The normalized spacial score (nSPS) is 24.0. The molecule has 1 aromatic heterocycles. The van der Waals surface area contributed by atoms with Gasteiger partial charge in [0.05, 0.1) is 13.3 Å². The summed E-state index contributed by atoms with van der Waals surface area (Å²) in [6.45, 7) is 1.95. The van der Waals surface area contributed by atoms with E-state index in [0.29, 0.717) is 25.1 Å². The topological polar surface area (TPSA) is 45.7 Å². The Morgan fingerprint density at radius 2 is 1.89 bits per heavy atom. The molecule has 0 aliphatic carbocycles. The van der Waals surface area contributed by atoms with Gasteiger partial charge in [-0.2, -0.15) is 0 Å². The highest BCUT2D eigenvalue weighted by Crippen LogP contribution is 2.44. The molecule has 0 spiro atoms. The first-order valence-corrected chi connectivity index (χ1v) is 8.92. The van der Waals surface area contributed by atoms with Crippen molar-refractivity contribution in [2.75, 3.05) is 33.8 Å². The van der Waals surface area contributed by atoms with E-state index in [4.69, 9.17) is 4.74 Å². The van der Waals surface area contributed by atoms with Crippen LogP contribution < -0.4 is 4.74 Å². The number of carbonyl (C=O) groups excluding carboxylic acids is 1. The van der Waals surface area contributed by atoms with Crippen molar-refractivity contribution in [1.29, 1.82) is 0 Å². The maximum Gasteiger partial charge on any atom is 0.275 e. The molecule has 0 radical (unpaired) electrons. The largest absolute Gasteiger partial charge is 0.497 e. The molecule has 0 saturated carbocycles. The fourth-order valence-electron chi connectivity index (χ4n) is 4.45. The van der Waals surface area contributed by atoms with Gasteiger partial charge >= 0.3 is 0 Å². The number of pyridine rings is 1. The summed E-state index contributed by atoms with van der Waals surface area (Å²) in [5.74, 6) is -0.801. The number of methoxy groups -OCH3 is 1. The molecule has 5 nitrogen and oxygen atoms in total. The van der Waals surface area contributed by atoms with Crippen LogP contribution in [0.1, 0.15) is 22.1 Å². The number of amides is 1. The highest BCUT2D eigenvalue weighted by Gasteiger charge is 2.47. The molecule has 1 amide bonds. The van der Waals surface area contributed by atoms with Gasteiger partial charge in [0.25, 0.3) is 5.91 Å². The van der Waals surface area contributed by atoms with Crippen LogP contribution in [-0.4, -0.2) is 54.5 Å². The predicted octanol–water partition coefficient (Wildman–Crippen LogP) is 3.17. The smallest absolute Gasteiger partial charge is 0.275 e. The lowest BCUT2D eigenvalue weighted by Crippen LogP contribution is -2.34. The van der Waals surface area contributed by atoms with Gasteiger partial charge in [0.2, 0.25) is 0 Å². The van der Waals surface area contributed by atoms with Gasteiger partial charge in [-0.3, -0.25) is 9.69 Å². The zero-order chi connectivity index (χ0) is 19.1. The Morgan fingerprint density at radius 3 is 2.54 bits per heavy atom. The third-order valence-corrected chi connectivity index (χ3v) is 5.65. The molecule has 1 aromatic carbocycles. The molecular weight excluding hydrogens is 388 g/mol. The molecule has 2 fully saturated rings. The van der Waals surface area contributed by atoms with E-state index in [1.54, 1.807) is 12.0 Å². The summed E-state index contributed by atoms with van der Waals surface area (Å²) in [5.41, 5.74) is 0.858. The Kier molecular flexibility index (Phi) is 5.86. The van der Waals surface area contributed by atoms with Crippen LogP contribution in [0.25, 0.3) is 0 Å². The molecular formula is C20H22ClF2N3O2. The van der Waals surface area contributed by atoms with Crippen LogP contribution in [0.2, 0.25) is 0 Å². The molecule has 2 aliphatic rings. The zero-order valence-corrected chi connectivity index (χ0v) is 16.5. The second-order valence-corrected chi connectivity index (χ2v) is 7.28. The number of benzene rings is 1. The van der Waals surface area contributed by atoms with Crippen molar-refractivity contribution in [3.8, 4) is 5.75 Å². The molecule has 3 heterocycles. The highest BCUT2D eigenvalue weighted by molar-refractivity contribution is 5.92. The minimum absolute atomic E-state index is 0. The third kappa shape index (κ3) is 3.56. The fraction of sp³-hybridized carbons (Fsp3) is 0.400. The molecule has 4 rings (SSSR count). The lowest BCUT2D eigenvalue weighted by Gasteiger charge is -2.27. The van der Waals surface area contributed by atoms with Gasteiger partial charge in [-0.05, 0) is 30.7 Å². The Bertz CT molecular complexity index is 865. The van der Waals surface area contributed by atoms with E-state index in [1.165, 1.54) is 5.56 Å². The van der Waals surface area contributed by atoms with Crippen molar-refractivity contribution >= 4 is 18.3 Å². The number of likely N-dealkylation sites (tertiary alicyclic amines) is 2. The molecule has 8 heteroatoms. The van der Waals surface area contributed by atoms with E-state index in [9.17, 15) is 13.6 Å². The van der Waals surface area contributed by atoms with Gasteiger partial charge in [0.15, 0.2) is 11.5 Å². The van der Waals surface area contributed by atoms with Crippen LogP contribution in [-0.2, 0) is 0 Å². The molecule has 2 aliphatic heterocycles.